The Hall–Kier alpha value is -2.41. The van der Waals surface area contributed by atoms with E-state index < -0.39 is 12.5 Å². The van der Waals surface area contributed by atoms with E-state index in [9.17, 15) is 13.6 Å². The van der Waals surface area contributed by atoms with Crippen LogP contribution < -0.4 is 10.6 Å². The number of pyridine rings is 1. The Kier molecular flexibility index (Phi) is 5.11. The molecule has 0 saturated carbocycles. The van der Waals surface area contributed by atoms with E-state index in [1.807, 2.05) is 0 Å². The summed E-state index contributed by atoms with van der Waals surface area (Å²) < 4.78 is 25.9. The van der Waals surface area contributed by atoms with Gasteiger partial charge in [0, 0.05) is 16.3 Å². The molecule has 22 heavy (non-hydrogen) atoms. The Morgan fingerprint density at radius 1 is 1.32 bits per heavy atom. The minimum Gasteiger partial charge on any atom is -0.465 e. The highest BCUT2D eigenvalue weighted by molar-refractivity contribution is 6.30. The molecule has 1 aromatic carbocycles. The van der Waals surface area contributed by atoms with Crippen molar-refractivity contribution in [3.63, 3.8) is 0 Å². The second kappa shape index (κ2) is 7.04. The molecule has 0 bridgehead atoms. The van der Waals surface area contributed by atoms with Crippen LogP contribution in [0.2, 0.25) is 5.02 Å². The highest BCUT2D eigenvalue weighted by Crippen LogP contribution is 2.31. The fourth-order valence-electron chi connectivity index (χ4n) is 1.75. The summed E-state index contributed by atoms with van der Waals surface area (Å²) in [6, 6.07) is 7.39. The van der Waals surface area contributed by atoms with E-state index in [-0.39, 0.29) is 22.8 Å². The average Bonchev–Trinajstić information content (AvgIpc) is 2.48. The fourth-order valence-corrected chi connectivity index (χ4v) is 1.93. The van der Waals surface area contributed by atoms with Crippen LogP contribution in [0.25, 0.3) is 0 Å². The Labute approximate surface area is 129 Å². The normalized spacial score (nSPS) is 10.5. The quantitative estimate of drug-likeness (QED) is 0.770. The SMILES string of the molecule is O=C(O)NCc1ccc(Nc2ccc(Cl)cc2C(F)F)cn1. The van der Waals surface area contributed by atoms with Crippen molar-refractivity contribution in [2.75, 3.05) is 5.32 Å². The van der Waals surface area contributed by atoms with E-state index in [2.05, 4.69) is 15.6 Å². The van der Waals surface area contributed by atoms with Gasteiger partial charge in [0.05, 0.1) is 24.1 Å². The van der Waals surface area contributed by atoms with E-state index in [4.69, 9.17) is 16.7 Å². The number of hydrogen-bond acceptors (Lipinski definition) is 3. The molecule has 8 heteroatoms. The predicted molar refractivity (Wildman–Crippen MR) is 78.8 cm³/mol. The number of halogens is 3. The molecule has 0 unspecified atom stereocenters. The first kappa shape index (κ1) is 16.0. The summed E-state index contributed by atoms with van der Waals surface area (Å²) in [5, 5.41) is 13.7. The number of anilines is 2. The molecule has 0 aliphatic rings. The lowest BCUT2D eigenvalue weighted by Gasteiger charge is -2.12. The first-order valence-corrected chi connectivity index (χ1v) is 6.60. The summed E-state index contributed by atoms with van der Waals surface area (Å²) in [6.45, 7) is 0.0683. The molecule has 3 N–H and O–H groups in total. The molecule has 0 atom stereocenters. The Morgan fingerprint density at radius 3 is 2.68 bits per heavy atom. The van der Waals surface area contributed by atoms with Crippen molar-refractivity contribution in [3.05, 3.63) is 52.8 Å². The van der Waals surface area contributed by atoms with Crippen LogP contribution in [0.4, 0.5) is 25.0 Å². The maximum absolute atomic E-state index is 13.0. The van der Waals surface area contributed by atoms with Gasteiger partial charge in [-0.15, -0.1) is 0 Å². The van der Waals surface area contributed by atoms with Gasteiger partial charge in [-0.2, -0.15) is 0 Å². The number of carboxylic acid groups (broad SMARTS) is 1. The average molecular weight is 328 g/mol. The minimum atomic E-state index is -2.66. The molecule has 0 spiro atoms. The number of benzene rings is 1. The molecule has 2 aromatic rings. The molecule has 0 radical (unpaired) electrons. The zero-order valence-corrected chi connectivity index (χ0v) is 11.9. The maximum atomic E-state index is 13.0. The lowest BCUT2D eigenvalue weighted by molar-refractivity contribution is 0.152. The van der Waals surface area contributed by atoms with Gasteiger partial charge in [-0.3, -0.25) is 4.98 Å². The van der Waals surface area contributed by atoms with E-state index >= 15 is 0 Å². The van der Waals surface area contributed by atoms with Crippen molar-refractivity contribution in [1.82, 2.24) is 10.3 Å². The van der Waals surface area contributed by atoms with Crippen LogP contribution >= 0.6 is 11.6 Å². The first-order chi connectivity index (χ1) is 10.5. The molecule has 1 amide bonds. The van der Waals surface area contributed by atoms with E-state index in [1.54, 1.807) is 12.1 Å². The zero-order chi connectivity index (χ0) is 16.1. The number of rotatable bonds is 5. The minimum absolute atomic E-state index is 0.0683. The number of hydrogen-bond donors (Lipinski definition) is 3. The molecule has 1 heterocycles. The highest BCUT2D eigenvalue weighted by Gasteiger charge is 2.13. The summed E-state index contributed by atoms with van der Waals surface area (Å²) in [5.74, 6) is 0. The number of aromatic nitrogens is 1. The topological polar surface area (TPSA) is 74.2 Å². The Morgan fingerprint density at radius 2 is 2.09 bits per heavy atom. The van der Waals surface area contributed by atoms with Crippen molar-refractivity contribution in [2.45, 2.75) is 13.0 Å². The maximum Gasteiger partial charge on any atom is 0.404 e. The van der Waals surface area contributed by atoms with Crippen LogP contribution in [0.15, 0.2) is 36.5 Å². The summed E-state index contributed by atoms with van der Waals surface area (Å²) in [5.41, 5.74) is 1.04. The molecule has 0 aliphatic heterocycles. The van der Waals surface area contributed by atoms with Gasteiger partial charge in [-0.05, 0) is 30.3 Å². The fraction of sp³-hybridized carbons (Fsp3) is 0.143. The zero-order valence-electron chi connectivity index (χ0n) is 11.2. The molecular formula is C14H12ClF2N3O2. The number of amides is 1. The third kappa shape index (κ3) is 4.29. The van der Waals surface area contributed by atoms with Crippen LogP contribution in [0.5, 0.6) is 0 Å². The number of alkyl halides is 2. The van der Waals surface area contributed by atoms with Gasteiger partial charge in [0.1, 0.15) is 0 Å². The first-order valence-electron chi connectivity index (χ1n) is 6.22. The van der Waals surface area contributed by atoms with Crippen LogP contribution in [0.3, 0.4) is 0 Å². The van der Waals surface area contributed by atoms with E-state index in [0.29, 0.717) is 11.4 Å². The van der Waals surface area contributed by atoms with Gasteiger partial charge in [0.2, 0.25) is 0 Å². The number of carbonyl (C=O) groups is 1. The van der Waals surface area contributed by atoms with Crippen molar-refractivity contribution in [3.8, 4) is 0 Å². The third-order valence-electron chi connectivity index (χ3n) is 2.77. The van der Waals surface area contributed by atoms with Gasteiger partial charge in [0.25, 0.3) is 6.43 Å². The van der Waals surface area contributed by atoms with Crippen LogP contribution in [-0.2, 0) is 6.54 Å². The second-order valence-corrected chi connectivity index (χ2v) is 4.79. The number of nitrogens with one attached hydrogen (secondary N) is 2. The summed E-state index contributed by atoms with van der Waals surface area (Å²) in [7, 11) is 0. The molecule has 1 aromatic heterocycles. The number of nitrogens with zero attached hydrogens (tertiary/aromatic N) is 1. The lowest BCUT2D eigenvalue weighted by atomic mass is 10.1. The standard InChI is InChI=1S/C14H12ClF2N3O2/c15-8-1-4-12(11(5-8)13(16)17)20-10-3-2-9(18-7-10)6-19-14(21)22/h1-5,7,13,19-20H,6H2,(H,21,22). The molecule has 116 valence electrons. The molecule has 2 rings (SSSR count). The monoisotopic (exact) mass is 327 g/mol. The molecule has 0 fully saturated rings. The van der Waals surface area contributed by atoms with Crippen molar-refractivity contribution < 1.29 is 18.7 Å². The smallest absolute Gasteiger partial charge is 0.404 e. The van der Waals surface area contributed by atoms with Gasteiger partial charge in [0.15, 0.2) is 0 Å². The van der Waals surface area contributed by atoms with E-state index in [0.717, 1.165) is 0 Å². The van der Waals surface area contributed by atoms with Gasteiger partial charge < -0.3 is 15.7 Å². The van der Waals surface area contributed by atoms with Crippen LogP contribution in [0.1, 0.15) is 17.7 Å². The predicted octanol–water partition coefficient (Wildman–Crippen LogP) is 4.18. The van der Waals surface area contributed by atoms with Crippen LogP contribution in [-0.4, -0.2) is 16.2 Å². The lowest BCUT2D eigenvalue weighted by Crippen LogP contribution is -2.20. The van der Waals surface area contributed by atoms with Gasteiger partial charge in [-0.1, -0.05) is 11.6 Å². The Balaban J connectivity index is 2.12. The van der Waals surface area contributed by atoms with Crippen LogP contribution in [0, 0.1) is 0 Å². The van der Waals surface area contributed by atoms with E-state index in [1.165, 1.54) is 24.4 Å². The summed E-state index contributed by atoms with van der Waals surface area (Å²) in [4.78, 5) is 14.4. The summed E-state index contributed by atoms with van der Waals surface area (Å²) >= 11 is 5.72. The molecule has 5 nitrogen and oxygen atoms in total. The molecule has 0 aliphatic carbocycles. The van der Waals surface area contributed by atoms with Crippen molar-refractivity contribution in [1.29, 1.82) is 0 Å². The largest absolute Gasteiger partial charge is 0.465 e. The third-order valence-corrected chi connectivity index (χ3v) is 3.01. The second-order valence-electron chi connectivity index (χ2n) is 4.35. The summed E-state index contributed by atoms with van der Waals surface area (Å²) in [6.07, 6.45) is -2.37. The highest BCUT2D eigenvalue weighted by atomic mass is 35.5. The Bertz CT molecular complexity index is 666. The van der Waals surface area contributed by atoms with Crippen molar-refractivity contribution >= 4 is 29.1 Å². The molecular weight excluding hydrogens is 316 g/mol. The van der Waals surface area contributed by atoms with Gasteiger partial charge >= 0.3 is 6.09 Å². The van der Waals surface area contributed by atoms with Crippen molar-refractivity contribution in [2.24, 2.45) is 0 Å². The molecule has 0 saturated heterocycles. The van der Waals surface area contributed by atoms with Gasteiger partial charge in [-0.25, -0.2) is 13.6 Å².